The zero-order valence-electron chi connectivity index (χ0n) is 19.0. The number of benzene rings is 2. The quantitative estimate of drug-likeness (QED) is 0.192. The van der Waals surface area contributed by atoms with E-state index in [0.717, 1.165) is 40.0 Å². The summed E-state index contributed by atoms with van der Waals surface area (Å²) in [4.78, 5) is 22.1. The molecule has 0 aliphatic heterocycles. The van der Waals surface area contributed by atoms with Gasteiger partial charge in [0.05, 0.1) is 13.2 Å². The monoisotopic (exact) mass is 520 g/mol. The van der Waals surface area contributed by atoms with E-state index < -0.39 is 0 Å². The molecule has 0 spiro atoms. The third-order valence-electron chi connectivity index (χ3n) is 5.13. The summed E-state index contributed by atoms with van der Waals surface area (Å²) in [5.74, 6) is 2.88. The van der Waals surface area contributed by atoms with Gasteiger partial charge >= 0.3 is 0 Å². The zero-order valence-corrected chi connectivity index (χ0v) is 21.4. The summed E-state index contributed by atoms with van der Waals surface area (Å²) in [6.45, 7) is 4.52. The fraction of sp³-hybridized carbons (Fsp3) is 0.462. The summed E-state index contributed by atoms with van der Waals surface area (Å²) >= 11 is 5.31. The molecule has 1 saturated carbocycles. The van der Waals surface area contributed by atoms with Crippen molar-refractivity contribution >= 4 is 39.3 Å². The van der Waals surface area contributed by atoms with E-state index in [4.69, 9.17) is 9.47 Å². The van der Waals surface area contributed by atoms with Crippen molar-refractivity contribution in [3.63, 3.8) is 0 Å². The van der Waals surface area contributed by atoms with Crippen molar-refractivity contribution in [1.82, 2.24) is 0 Å². The van der Waals surface area contributed by atoms with Gasteiger partial charge in [-0.2, -0.15) is 11.8 Å². The van der Waals surface area contributed by atoms with E-state index in [1.807, 2.05) is 36.0 Å². The summed E-state index contributed by atoms with van der Waals surface area (Å²) in [5.41, 5.74) is 1.45. The van der Waals surface area contributed by atoms with Crippen molar-refractivity contribution in [3.05, 3.63) is 59.7 Å². The Labute approximate surface area is 204 Å². The molecule has 0 atom stereocenters. The van der Waals surface area contributed by atoms with Crippen LogP contribution in [0, 0.1) is 0 Å². The Kier molecular flexibility index (Phi) is 12.5. The summed E-state index contributed by atoms with van der Waals surface area (Å²) in [6, 6.07) is 14.6. The average molecular weight is 522 g/mol. The molecule has 0 bridgehead atoms. The zero-order chi connectivity index (χ0) is 23.2. The van der Waals surface area contributed by atoms with E-state index >= 15 is 0 Å². The van der Waals surface area contributed by atoms with Crippen molar-refractivity contribution in [2.75, 3.05) is 24.3 Å². The smallest absolute Gasteiger partial charge is 0.159 e. The van der Waals surface area contributed by atoms with E-state index in [9.17, 15) is 9.59 Å². The molecule has 1 fully saturated rings. The lowest BCUT2D eigenvalue weighted by Gasteiger charge is -2.20. The van der Waals surface area contributed by atoms with Crippen LogP contribution in [0.25, 0.3) is 0 Å². The van der Waals surface area contributed by atoms with Crippen LogP contribution in [-0.4, -0.2) is 41.1 Å². The third kappa shape index (κ3) is 10.2. The van der Waals surface area contributed by atoms with E-state index in [1.54, 1.807) is 38.1 Å². The number of carbonyl (C=O) groups is 2. The van der Waals surface area contributed by atoms with Crippen LogP contribution < -0.4 is 9.47 Å². The molecule has 32 heavy (non-hydrogen) atoms. The fourth-order valence-corrected chi connectivity index (χ4v) is 4.68. The standard InChI is InChI=1S/C16H22O2S.C10H11BrO2/c1-13(17)14-7-9-15(10-8-14)18-11-12-19-16-5-3-2-4-6-16;1-8(12)9-2-4-10(5-3-9)13-7-6-11/h7-10,16H,2-6,11-12H2,1H3;2-5H,6-7H2,1H3. The first-order valence-corrected chi connectivity index (χ1v) is 13.3. The highest BCUT2D eigenvalue weighted by molar-refractivity contribution is 9.09. The van der Waals surface area contributed by atoms with Gasteiger partial charge in [0.1, 0.15) is 11.5 Å². The third-order valence-corrected chi connectivity index (χ3v) is 6.79. The molecule has 0 heterocycles. The topological polar surface area (TPSA) is 52.6 Å². The molecule has 3 rings (SSSR count). The minimum atomic E-state index is 0.0760. The Balaban J connectivity index is 0.000000244. The second kappa shape index (κ2) is 15.1. The Hall–Kier alpha value is -1.79. The average Bonchev–Trinajstić information content (AvgIpc) is 2.82. The first-order valence-electron chi connectivity index (χ1n) is 11.1. The predicted molar refractivity (Wildman–Crippen MR) is 137 cm³/mol. The summed E-state index contributed by atoms with van der Waals surface area (Å²) in [7, 11) is 0. The first-order chi connectivity index (χ1) is 15.5. The van der Waals surface area contributed by atoms with Gasteiger partial charge in [0.2, 0.25) is 0 Å². The molecule has 0 aromatic heterocycles. The fourth-order valence-electron chi connectivity index (χ4n) is 3.33. The number of carbonyl (C=O) groups excluding carboxylic acids is 2. The van der Waals surface area contributed by atoms with E-state index in [2.05, 4.69) is 15.9 Å². The Morgan fingerprint density at radius 1 is 0.812 bits per heavy atom. The molecule has 2 aromatic carbocycles. The Morgan fingerprint density at radius 2 is 1.28 bits per heavy atom. The number of ether oxygens (including phenoxy) is 2. The lowest BCUT2D eigenvalue weighted by molar-refractivity contribution is 0.100. The van der Waals surface area contributed by atoms with Crippen molar-refractivity contribution in [3.8, 4) is 11.5 Å². The van der Waals surface area contributed by atoms with Gasteiger partial charge in [0.15, 0.2) is 11.6 Å². The van der Waals surface area contributed by atoms with Gasteiger partial charge in [-0.1, -0.05) is 35.2 Å². The van der Waals surface area contributed by atoms with E-state index in [0.29, 0.717) is 12.2 Å². The molecule has 4 nitrogen and oxygen atoms in total. The molecule has 6 heteroatoms. The van der Waals surface area contributed by atoms with Crippen LogP contribution in [0.15, 0.2) is 48.5 Å². The second-order valence-corrected chi connectivity index (χ2v) is 9.88. The Morgan fingerprint density at radius 3 is 1.72 bits per heavy atom. The van der Waals surface area contributed by atoms with Gasteiger partial charge in [-0.05, 0) is 75.2 Å². The van der Waals surface area contributed by atoms with Crippen LogP contribution in [0.2, 0.25) is 0 Å². The largest absolute Gasteiger partial charge is 0.493 e. The number of hydrogen-bond donors (Lipinski definition) is 0. The maximum atomic E-state index is 11.1. The van der Waals surface area contributed by atoms with Crippen LogP contribution in [0.1, 0.15) is 66.7 Å². The van der Waals surface area contributed by atoms with Gasteiger partial charge in [0, 0.05) is 27.5 Å². The van der Waals surface area contributed by atoms with Crippen molar-refractivity contribution in [2.24, 2.45) is 0 Å². The number of thioether (sulfide) groups is 1. The molecule has 1 aliphatic rings. The van der Waals surface area contributed by atoms with Crippen LogP contribution in [0.4, 0.5) is 0 Å². The second-order valence-electron chi connectivity index (χ2n) is 7.68. The molecule has 0 saturated heterocycles. The molecular weight excluding hydrogens is 488 g/mol. The molecular formula is C26H33BrO4S. The maximum absolute atomic E-state index is 11.1. The van der Waals surface area contributed by atoms with Crippen molar-refractivity contribution in [2.45, 2.75) is 51.2 Å². The van der Waals surface area contributed by atoms with Gasteiger partial charge in [-0.15, -0.1) is 0 Å². The molecule has 1 aliphatic carbocycles. The van der Waals surface area contributed by atoms with Crippen LogP contribution in [-0.2, 0) is 0 Å². The highest BCUT2D eigenvalue weighted by atomic mass is 79.9. The normalized spacial score (nSPS) is 13.6. The molecule has 2 aromatic rings. The number of ketones is 2. The number of alkyl halides is 1. The number of hydrogen-bond acceptors (Lipinski definition) is 5. The van der Waals surface area contributed by atoms with Crippen LogP contribution >= 0.6 is 27.7 Å². The van der Waals surface area contributed by atoms with Gasteiger partial charge < -0.3 is 9.47 Å². The minimum Gasteiger partial charge on any atom is -0.493 e. The Bertz CT molecular complexity index is 815. The highest BCUT2D eigenvalue weighted by Crippen LogP contribution is 2.28. The lowest BCUT2D eigenvalue weighted by atomic mass is 10.0. The number of rotatable bonds is 10. The molecule has 0 N–H and O–H groups in total. The van der Waals surface area contributed by atoms with E-state index in [-0.39, 0.29) is 11.6 Å². The molecule has 174 valence electrons. The molecule has 0 radical (unpaired) electrons. The van der Waals surface area contributed by atoms with Gasteiger partial charge in [-0.3, -0.25) is 9.59 Å². The number of halogens is 1. The maximum Gasteiger partial charge on any atom is 0.159 e. The first kappa shape index (κ1) is 26.5. The van der Waals surface area contributed by atoms with Crippen LogP contribution in [0.3, 0.4) is 0 Å². The van der Waals surface area contributed by atoms with Gasteiger partial charge in [0.25, 0.3) is 0 Å². The minimum absolute atomic E-state index is 0.0760. The van der Waals surface area contributed by atoms with Crippen LogP contribution in [0.5, 0.6) is 11.5 Å². The SMILES string of the molecule is CC(=O)c1ccc(OCCBr)cc1.CC(=O)c1ccc(OCCSC2CCCCC2)cc1. The lowest BCUT2D eigenvalue weighted by Crippen LogP contribution is -2.11. The van der Waals surface area contributed by atoms with Crippen molar-refractivity contribution < 1.29 is 19.1 Å². The summed E-state index contributed by atoms with van der Waals surface area (Å²) < 4.78 is 11.0. The number of Topliss-reactive ketones (excluding diaryl/α,β-unsaturated/α-hetero) is 2. The highest BCUT2D eigenvalue weighted by Gasteiger charge is 2.13. The summed E-state index contributed by atoms with van der Waals surface area (Å²) in [5, 5.41) is 1.65. The molecule has 0 unspecified atom stereocenters. The summed E-state index contributed by atoms with van der Waals surface area (Å²) in [6.07, 6.45) is 6.95. The molecule has 0 amide bonds. The van der Waals surface area contributed by atoms with Crippen molar-refractivity contribution in [1.29, 1.82) is 0 Å². The van der Waals surface area contributed by atoms with E-state index in [1.165, 1.54) is 32.1 Å². The van der Waals surface area contributed by atoms with Gasteiger partial charge in [-0.25, -0.2) is 0 Å². The predicted octanol–water partition coefficient (Wildman–Crippen LogP) is 7.00.